The number of hydrogen-bond donors (Lipinski definition) is 2. The lowest BCUT2D eigenvalue weighted by molar-refractivity contribution is -0.133. The minimum atomic E-state index is -0.555. The average molecular weight is 313 g/mol. The van der Waals surface area contributed by atoms with Crippen LogP contribution in [0.1, 0.15) is 30.5 Å². The third-order valence-electron chi connectivity index (χ3n) is 3.65. The highest BCUT2D eigenvalue weighted by molar-refractivity contribution is 5.80. The molecule has 2 aromatic rings. The van der Waals surface area contributed by atoms with Crippen molar-refractivity contribution in [2.45, 2.75) is 32.1 Å². The molecule has 0 saturated heterocycles. The van der Waals surface area contributed by atoms with Crippen LogP contribution in [0.15, 0.2) is 60.7 Å². The van der Waals surface area contributed by atoms with Gasteiger partial charge in [-0.25, -0.2) is 0 Å². The SMILES string of the molecule is CC(OCc1ccccc1)C(=O)NC(CCO)c1ccccc1. The Morgan fingerprint density at radius 1 is 1.09 bits per heavy atom. The standard InChI is InChI=1S/C19H23NO3/c1-15(23-14-16-8-4-2-5-9-16)19(22)20-18(12-13-21)17-10-6-3-7-11-17/h2-11,15,18,21H,12-14H2,1H3,(H,20,22). The third kappa shape index (κ3) is 5.51. The van der Waals surface area contributed by atoms with Gasteiger partial charge in [0.25, 0.3) is 0 Å². The molecule has 0 saturated carbocycles. The first kappa shape index (κ1) is 17.2. The summed E-state index contributed by atoms with van der Waals surface area (Å²) in [6.45, 7) is 2.14. The van der Waals surface area contributed by atoms with E-state index in [1.165, 1.54) is 0 Å². The monoisotopic (exact) mass is 313 g/mol. The summed E-state index contributed by atoms with van der Waals surface area (Å²) in [6, 6.07) is 19.2. The lowest BCUT2D eigenvalue weighted by Gasteiger charge is -2.21. The predicted octanol–water partition coefficient (Wildman–Crippen LogP) is 2.83. The van der Waals surface area contributed by atoms with Gasteiger partial charge in [0.05, 0.1) is 12.6 Å². The number of aliphatic hydroxyl groups is 1. The summed E-state index contributed by atoms with van der Waals surface area (Å²) in [6.07, 6.45) is -0.0821. The normalized spacial score (nSPS) is 13.3. The first-order chi connectivity index (χ1) is 11.2. The highest BCUT2D eigenvalue weighted by Gasteiger charge is 2.19. The van der Waals surface area contributed by atoms with Crippen LogP contribution in [-0.4, -0.2) is 23.7 Å². The second-order valence-electron chi connectivity index (χ2n) is 5.42. The Kier molecular flexibility index (Phi) is 6.78. The predicted molar refractivity (Wildman–Crippen MR) is 89.7 cm³/mol. The van der Waals surface area contributed by atoms with Gasteiger partial charge in [-0.05, 0) is 24.5 Å². The zero-order valence-electron chi connectivity index (χ0n) is 13.3. The summed E-state index contributed by atoms with van der Waals surface area (Å²) in [4.78, 5) is 12.3. The van der Waals surface area contributed by atoms with Crippen LogP contribution in [0.5, 0.6) is 0 Å². The number of nitrogens with one attached hydrogen (secondary N) is 1. The van der Waals surface area contributed by atoms with Crippen molar-refractivity contribution in [3.05, 3.63) is 71.8 Å². The van der Waals surface area contributed by atoms with Gasteiger partial charge in [0.2, 0.25) is 5.91 Å². The molecular formula is C19H23NO3. The molecule has 0 aromatic heterocycles. The third-order valence-corrected chi connectivity index (χ3v) is 3.65. The van der Waals surface area contributed by atoms with Crippen LogP contribution in [-0.2, 0) is 16.1 Å². The molecule has 2 N–H and O–H groups in total. The Bertz CT molecular complexity index is 586. The summed E-state index contributed by atoms with van der Waals surface area (Å²) < 4.78 is 5.63. The molecule has 1 amide bonds. The summed E-state index contributed by atoms with van der Waals surface area (Å²) in [5.41, 5.74) is 2.01. The molecule has 2 unspecified atom stereocenters. The van der Waals surface area contributed by atoms with Crippen LogP contribution in [0, 0.1) is 0 Å². The number of ether oxygens (including phenoxy) is 1. The molecule has 0 spiro atoms. The van der Waals surface area contributed by atoms with Gasteiger partial charge in [0.1, 0.15) is 6.10 Å². The maximum atomic E-state index is 12.3. The van der Waals surface area contributed by atoms with Crippen molar-refractivity contribution in [2.24, 2.45) is 0 Å². The molecule has 2 aromatic carbocycles. The van der Waals surface area contributed by atoms with E-state index in [1.54, 1.807) is 6.92 Å². The Morgan fingerprint density at radius 3 is 2.30 bits per heavy atom. The molecule has 0 aliphatic carbocycles. The smallest absolute Gasteiger partial charge is 0.249 e. The number of amides is 1. The summed E-state index contributed by atoms with van der Waals surface area (Å²) >= 11 is 0. The number of carbonyl (C=O) groups is 1. The largest absolute Gasteiger partial charge is 0.396 e. The molecule has 122 valence electrons. The van der Waals surface area contributed by atoms with Crippen LogP contribution in [0.2, 0.25) is 0 Å². The van der Waals surface area contributed by atoms with Crippen molar-refractivity contribution >= 4 is 5.91 Å². The maximum absolute atomic E-state index is 12.3. The molecule has 2 rings (SSSR count). The van der Waals surface area contributed by atoms with Crippen molar-refractivity contribution in [2.75, 3.05) is 6.61 Å². The minimum absolute atomic E-state index is 0.0130. The number of rotatable bonds is 8. The Morgan fingerprint density at radius 2 is 1.70 bits per heavy atom. The van der Waals surface area contributed by atoms with Gasteiger partial charge in [-0.2, -0.15) is 0 Å². The van der Waals surface area contributed by atoms with Crippen molar-refractivity contribution in [3.8, 4) is 0 Å². The van der Waals surface area contributed by atoms with E-state index in [1.807, 2.05) is 60.7 Å². The first-order valence-electron chi connectivity index (χ1n) is 7.82. The first-order valence-corrected chi connectivity index (χ1v) is 7.82. The van der Waals surface area contributed by atoms with E-state index in [0.717, 1.165) is 11.1 Å². The van der Waals surface area contributed by atoms with Crippen LogP contribution in [0.4, 0.5) is 0 Å². The molecule has 0 bridgehead atoms. The molecule has 0 aliphatic rings. The molecule has 0 aliphatic heterocycles. The highest BCUT2D eigenvalue weighted by atomic mass is 16.5. The molecular weight excluding hydrogens is 290 g/mol. The number of carbonyl (C=O) groups excluding carboxylic acids is 1. The molecule has 2 atom stereocenters. The Balaban J connectivity index is 1.90. The Labute approximate surface area is 137 Å². The van der Waals surface area contributed by atoms with E-state index in [-0.39, 0.29) is 18.6 Å². The lowest BCUT2D eigenvalue weighted by atomic mass is 10.0. The van der Waals surface area contributed by atoms with E-state index in [4.69, 9.17) is 4.74 Å². The van der Waals surface area contributed by atoms with Gasteiger partial charge >= 0.3 is 0 Å². The van der Waals surface area contributed by atoms with Gasteiger partial charge in [-0.1, -0.05) is 60.7 Å². The second-order valence-corrected chi connectivity index (χ2v) is 5.42. The number of hydrogen-bond acceptors (Lipinski definition) is 3. The maximum Gasteiger partial charge on any atom is 0.249 e. The zero-order chi connectivity index (χ0) is 16.5. The fourth-order valence-corrected chi connectivity index (χ4v) is 2.30. The number of aliphatic hydroxyl groups excluding tert-OH is 1. The summed E-state index contributed by atoms with van der Waals surface area (Å²) in [5, 5.41) is 12.2. The molecule has 0 radical (unpaired) electrons. The van der Waals surface area contributed by atoms with E-state index >= 15 is 0 Å². The van der Waals surface area contributed by atoms with Crippen molar-refractivity contribution in [3.63, 3.8) is 0 Å². The number of benzene rings is 2. The minimum Gasteiger partial charge on any atom is -0.396 e. The lowest BCUT2D eigenvalue weighted by Crippen LogP contribution is -2.37. The van der Waals surface area contributed by atoms with Crippen LogP contribution in [0.3, 0.4) is 0 Å². The van der Waals surface area contributed by atoms with Crippen molar-refractivity contribution in [1.29, 1.82) is 0 Å². The fraction of sp³-hybridized carbons (Fsp3) is 0.316. The van der Waals surface area contributed by atoms with Crippen LogP contribution >= 0.6 is 0 Å². The van der Waals surface area contributed by atoms with E-state index in [9.17, 15) is 9.90 Å². The molecule has 23 heavy (non-hydrogen) atoms. The van der Waals surface area contributed by atoms with Gasteiger partial charge < -0.3 is 15.2 Å². The van der Waals surface area contributed by atoms with E-state index in [2.05, 4.69) is 5.32 Å². The van der Waals surface area contributed by atoms with Gasteiger partial charge in [0, 0.05) is 6.61 Å². The van der Waals surface area contributed by atoms with Gasteiger partial charge in [-0.3, -0.25) is 4.79 Å². The zero-order valence-corrected chi connectivity index (χ0v) is 13.3. The van der Waals surface area contributed by atoms with E-state index < -0.39 is 6.10 Å². The quantitative estimate of drug-likeness (QED) is 0.788. The summed E-state index contributed by atoms with van der Waals surface area (Å²) in [7, 11) is 0. The van der Waals surface area contributed by atoms with E-state index in [0.29, 0.717) is 13.0 Å². The van der Waals surface area contributed by atoms with Crippen LogP contribution < -0.4 is 5.32 Å². The fourth-order valence-electron chi connectivity index (χ4n) is 2.30. The van der Waals surface area contributed by atoms with Crippen molar-refractivity contribution < 1.29 is 14.6 Å². The second kappa shape index (κ2) is 9.08. The topological polar surface area (TPSA) is 58.6 Å². The Hall–Kier alpha value is -2.17. The molecule has 0 fully saturated rings. The van der Waals surface area contributed by atoms with Gasteiger partial charge in [-0.15, -0.1) is 0 Å². The van der Waals surface area contributed by atoms with Gasteiger partial charge in [0.15, 0.2) is 0 Å². The molecule has 0 heterocycles. The summed E-state index contributed by atoms with van der Waals surface area (Å²) in [5.74, 6) is -0.178. The average Bonchev–Trinajstić information content (AvgIpc) is 2.61. The highest BCUT2D eigenvalue weighted by Crippen LogP contribution is 2.16. The van der Waals surface area contributed by atoms with Crippen LogP contribution in [0.25, 0.3) is 0 Å². The molecule has 4 heteroatoms. The van der Waals surface area contributed by atoms with Crippen molar-refractivity contribution in [1.82, 2.24) is 5.32 Å². The molecule has 4 nitrogen and oxygen atoms in total.